The Morgan fingerprint density at radius 1 is 1.08 bits per heavy atom. The van der Waals surface area contributed by atoms with E-state index >= 15 is 0 Å². The number of nitrogens with zero attached hydrogens (tertiary/aromatic N) is 2. The van der Waals surface area contributed by atoms with E-state index in [1.54, 1.807) is 17.1 Å². The normalized spacial score (nSPS) is 12.6. The molecule has 0 atom stereocenters. The van der Waals surface area contributed by atoms with Gasteiger partial charge in [-0.1, -0.05) is 39.0 Å². The van der Waals surface area contributed by atoms with Gasteiger partial charge in [0.1, 0.15) is 0 Å². The first-order chi connectivity index (χ1) is 11.3. The molecule has 0 aromatic heterocycles. The van der Waals surface area contributed by atoms with Crippen LogP contribution in [0.3, 0.4) is 0 Å². The van der Waals surface area contributed by atoms with Gasteiger partial charge in [-0.25, -0.2) is 5.01 Å². The molecule has 1 rings (SSSR count). The minimum absolute atomic E-state index is 0.0306. The highest BCUT2D eigenvalue weighted by atomic mass is 32.2. The van der Waals surface area contributed by atoms with Crippen molar-refractivity contribution >= 4 is 21.6 Å². The average Bonchev–Trinajstić information content (AvgIpc) is 2.50. The Hall–Kier alpha value is -1.60. The van der Waals surface area contributed by atoms with Crippen LogP contribution >= 0.6 is 0 Å². The molecule has 0 amide bonds. The van der Waals surface area contributed by atoms with Crippen LogP contribution in [0.1, 0.15) is 51.9 Å². The third kappa shape index (κ3) is 7.79. The van der Waals surface area contributed by atoms with Crippen LogP contribution in [0.25, 0.3) is 0 Å². The van der Waals surface area contributed by atoms with Gasteiger partial charge in [-0.15, -0.1) is 0 Å². The van der Waals surface area contributed by atoms with Gasteiger partial charge < -0.3 is 10.5 Å². The lowest BCUT2D eigenvalue weighted by Crippen LogP contribution is -2.20. The zero-order chi connectivity index (χ0) is 18.0. The lowest BCUT2D eigenvalue weighted by Gasteiger charge is -2.14. The van der Waals surface area contributed by atoms with E-state index in [0.717, 1.165) is 24.9 Å². The summed E-state index contributed by atoms with van der Waals surface area (Å²) >= 11 is 0. The predicted octanol–water partition coefficient (Wildman–Crippen LogP) is 2.77. The maximum atomic E-state index is 12.1. The minimum Gasteiger partial charge on any atom is -0.861 e. The second kappa shape index (κ2) is 10.3. The van der Waals surface area contributed by atoms with Gasteiger partial charge in [0.25, 0.3) is 10.0 Å². The van der Waals surface area contributed by atoms with E-state index in [0.29, 0.717) is 6.42 Å². The number of benzene rings is 1. The maximum absolute atomic E-state index is 12.1. The summed E-state index contributed by atoms with van der Waals surface area (Å²) in [6.45, 7) is 2.15. The molecule has 1 N–H and O–H groups in total. The molecule has 0 heterocycles. The molecule has 1 aromatic rings. The van der Waals surface area contributed by atoms with Crippen LogP contribution in [-0.4, -0.2) is 33.4 Å². The topological polar surface area (TPSA) is 84.8 Å². The van der Waals surface area contributed by atoms with Gasteiger partial charge in [-0.3, -0.25) is 0 Å². The monoisotopic (exact) mass is 354 g/mol. The number of nitrogens with one attached hydrogen (secondary N) is 1. The quantitative estimate of drug-likeness (QED) is 0.286. The summed E-state index contributed by atoms with van der Waals surface area (Å²) in [4.78, 5) is 0.0306. The van der Waals surface area contributed by atoms with Crippen molar-refractivity contribution in [3.63, 3.8) is 0 Å². The number of rotatable bonds is 11. The molecule has 7 heteroatoms. The fourth-order valence-electron chi connectivity index (χ4n) is 2.25. The lowest BCUT2D eigenvalue weighted by molar-refractivity contribution is -0.218. The van der Waals surface area contributed by atoms with Crippen molar-refractivity contribution in [2.24, 2.45) is 4.40 Å². The van der Waals surface area contributed by atoms with Gasteiger partial charge in [0.2, 0.25) is 0 Å². The number of unbranched alkanes of at least 4 members (excludes halogenated alkanes) is 5. The number of hydrogen-bond acceptors (Lipinski definition) is 5. The Balaban J connectivity index is 2.57. The zero-order valence-electron chi connectivity index (χ0n) is 14.8. The van der Waals surface area contributed by atoms with Crippen LogP contribution in [-0.2, 0) is 10.0 Å². The average molecular weight is 354 g/mol. The fourth-order valence-corrected chi connectivity index (χ4v) is 3.19. The van der Waals surface area contributed by atoms with Gasteiger partial charge in [-0.05, 0) is 43.0 Å². The number of anilines is 1. The van der Waals surface area contributed by atoms with E-state index in [1.807, 2.05) is 14.1 Å². The third-order valence-electron chi connectivity index (χ3n) is 3.47. The van der Waals surface area contributed by atoms with Crippen molar-refractivity contribution in [1.82, 2.24) is 5.01 Å². The van der Waals surface area contributed by atoms with Crippen LogP contribution in [0.2, 0.25) is 0 Å². The van der Waals surface area contributed by atoms with E-state index in [-0.39, 0.29) is 11.3 Å². The van der Waals surface area contributed by atoms with E-state index in [9.17, 15) is 13.5 Å². The third-order valence-corrected chi connectivity index (χ3v) is 4.78. The smallest absolute Gasteiger partial charge is 0.281 e. The Morgan fingerprint density at radius 3 is 2.25 bits per heavy atom. The first-order valence-electron chi connectivity index (χ1n) is 8.40. The largest absolute Gasteiger partial charge is 0.861 e. The predicted molar refractivity (Wildman–Crippen MR) is 96.4 cm³/mol. The summed E-state index contributed by atoms with van der Waals surface area (Å²) in [5.41, 5.74) is 3.78. The minimum atomic E-state index is -3.92. The molecule has 0 saturated heterocycles. The Bertz CT molecular complexity index is 610. The van der Waals surface area contributed by atoms with Crippen LogP contribution < -0.4 is 10.5 Å². The van der Waals surface area contributed by atoms with E-state index < -0.39 is 15.9 Å². The molecule has 1 aromatic carbocycles. The fraction of sp³-hybridized carbons (Fsp3) is 0.588. The SMILES string of the molecule is CCCCCCCC/C([O-])=N/S(=O)(=O)c1ccc(NN(C)C)cc1. The van der Waals surface area contributed by atoms with E-state index in [4.69, 9.17) is 0 Å². The molecule has 0 aliphatic heterocycles. The molecule has 0 aliphatic carbocycles. The van der Waals surface area contributed by atoms with Crippen LogP contribution in [0.5, 0.6) is 0 Å². The Labute approximate surface area is 145 Å². The second-order valence-electron chi connectivity index (χ2n) is 6.01. The van der Waals surface area contributed by atoms with Crippen LogP contribution in [0, 0.1) is 0 Å². The molecule has 0 radical (unpaired) electrons. The molecule has 0 saturated carbocycles. The van der Waals surface area contributed by atoms with Gasteiger partial charge in [0.05, 0.1) is 4.90 Å². The van der Waals surface area contributed by atoms with Gasteiger partial charge in [0, 0.05) is 19.8 Å². The molecule has 6 nitrogen and oxygen atoms in total. The van der Waals surface area contributed by atoms with Crippen molar-refractivity contribution in [3.8, 4) is 0 Å². The molecule has 0 spiro atoms. The maximum Gasteiger partial charge on any atom is 0.281 e. The number of hydrazine groups is 1. The van der Waals surface area contributed by atoms with Crippen molar-refractivity contribution in [2.75, 3.05) is 19.5 Å². The van der Waals surface area contributed by atoms with Crippen LogP contribution in [0.4, 0.5) is 5.69 Å². The van der Waals surface area contributed by atoms with Crippen molar-refractivity contribution in [3.05, 3.63) is 24.3 Å². The number of hydrogen-bond donors (Lipinski definition) is 1. The molecular weight excluding hydrogens is 326 g/mol. The van der Waals surface area contributed by atoms with Gasteiger partial charge >= 0.3 is 0 Å². The summed E-state index contributed by atoms with van der Waals surface area (Å²) in [6, 6.07) is 6.17. The van der Waals surface area contributed by atoms with Crippen LogP contribution in [0.15, 0.2) is 33.6 Å². The zero-order valence-corrected chi connectivity index (χ0v) is 15.6. The second-order valence-corrected chi connectivity index (χ2v) is 7.61. The molecule has 0 unspecified atom stereocenters. The lowest BCUT2D eigenvalue weighted by atomic mass is 10.1. The first-order valence-corrected chi connectivity index (χ1v) is 9.84. The van der Waals surface area contributed by atoms with E-state index in [2.05, 4.69) is 16.7 Å². The molecule has 0 aliphatic rings. The highest BCUT2D eigenvalue weighted by Crippen LogP contribution is 2.17. The molecule has 136 valence electrons. The molecule has 0 bridgehead atoms. The Kier molecular flexibility index (Phi) is 8.78. The van der Waals surface area contributed by atoms with E-state index in [1.165, 1.54) is 25.0 Å². The summed E-state index contributed by atoms with van der Waals surface area (Å²) in [5.74, 6) is -0.569. The highest BCUT2D eigenvalue weighted by molar-refractivity contribution is 7.90. The summed E-state index contributed by atoms with van der Waals surface area (Å²) in [7, 11) is -0.254. The Morgan fingerprint density at radius 2 is 1.67 bits per heavy atom. The van der Waals surface area contributed by atoms with Crippen molar-refractivity contribution in [1.29, 1.82) is 0 Å². The summed E-state index contributed by atoms with van der Waals surface area (Å²) < 4.78 is 27.7. The molecular formula is C17H28N3O3S-. The summed E-state index contributed by atoms with van der Waals surface area (Å²) in [6.07, 6.45) is 6.42. The number of sulfonamides is 1. The van der Waals surface area contributed by atoms with Crippen molar-refractivity contribution < 1.29 is 13.5 Å². The standard InChI is InChI=1S/C17H29N3O3S/c1-4-5-6-7-8-9-10-17(21)19-24(22,23)16-13-11-15(12-14-16)18-20(2)3/h11-14,18H,4-10H2,1-3H3,(H,19,21)/p-1. The van der Waals surface area contributed by atoms with Gasteiger partial charge in [-0.2, -0.15) is 12.8 Å². The highest BCUT2D eigenvalue weighted by Gasteiger charge is 2.12. The molecule has 0 fully saturated rings. The van der Waals surface area contributed by atoms with Gasteiger partial charge in [0.15, 0.2) is 0 Å². The molecule has 24 heavy (non-hydrogen) atoms. The summed E-state index contributed by atoms with van der Waals surface area (Å²) in [5, 5.41) is 13.5. The first kappa shape index (κ1) is 20.4. The van der Waals surface area contributed by atoms with Crippen molar-refractivity contribution in [2.45, 2.75) is 56.8 Å².